The van der Waals surface area contributed by atoms with Crippen molar-refractivity contribution in [2.75, 3.05) is 38.1 Å². The molecule has 1 fully saturated rings. The van der Waals surface area contributed by atoms with Gasteiger partial charge in [-0.25, -0.2) is 4.98 Å². The minimum absolute atomic E-state index is 0.699. The van der Waals surface area contributed by atoms with Crippen molar-refractivity contribution in [3.05, 3.63) is 23.4 Å². The Morgan fingerprint density at radius 3 is 2.50 bits per heavy atom. The minimum atomic E-state index is 0.699. The number of hydrogen-bond donors (Lipinski definition) is 1. The van der Waals surface area contributed by atoms with Crippen molar-refractivity contribution in [2.45, 2.75) is 39.8 Å². The fourth-order valence-electron chi connectivity index (χ4n) is 2.78. The lowest BCUT2D eigenvalue weighted by atomic mass is 10.1. The van der Waals surface area contributed by atoms with Crippen molar-refractivity contribution in [1.82, 2.24) is 15.2 Å². The third-order valence-electron chi connectivity index (χ3n) is 4.40. The van der Waals surface area contributed by atoms with E-state index < -0.39 is 0 Å². The first-order valence-electron chi connectivity index (χ1n) is 7.75. The second-order valence-corrected chi connectivity index (χ2v) is 5.72. The van der Waals surface area contributed by atoms with E-state index in [9.17, 15) is 0 Å². The number of anilines is 1. The Hall–Kier alpha value is -1.13. The predicted octanol–water partition coefficient (Wildman–Crippen LogP) is 2.03. The molecule has 1 aromatic heterocycles. The Bertz CT molecular complexity index is 424. The van der Waals surface area contributed by atoms with E-state index in [0.29, 0.717) is 6.04 Å². The largest absolute Gasteiger partial charge is 0.354 e. The van der Waals surface area contributed by atoms with Crippen LogP contribution in [0.4, 0.5) is 5.82 Å². The van der Waals surface area contributed by atoms with Gasteiger partial charge in [-0.1, -0.05) is 13.0 Å². The topological polar surface area (TPSA) is 31.4 Å². The molecule has 0 amide bonds. The first-order valence-corrected chi connectivity index (χ1v) is 7.75. The molecule has 0 radical (unpaired) electrons. The first-order chi connectivity index (χ1) is 9.65. The fourth-order valence-corrected chi connectivity index (χ4v) is 2.78. The molecule has 0 aliphatic carbocycles. The van der Waals surface area contributed by atoms with Gasteiger partial charge in [-0.05, 0) is 38.9 Å². The maximum atomic E-state index is 4.77. The zero-order chi connectivity index (χ0) is 14.5. The van der Waals surface area contributed by atoms with E-state index in [2.05, 4.69) is 48.0 Å². The second-order valence-electron chi connectivity index (χ2n) is 5.72. The van der Waals surface area contributed by atoms with Crippen molar-refractivity contribution in [3.8, 4) is 0 Å². The van der Waals surface area contributed by atoms with E-state index in [-0.39, 0.29) is 0 Å². The zero-order valence-electron chi connectivity index (χ0n) is 13.3. The summed E-state index contributed by atoms with van der Waals surface area (Å²) in [6, 6.07) is 5.07. The van der Waals surface area contributed by atoms with Gasteiger partial charge in [0, 0.05) is 44.5 Å². The van der Waals surface area contributed by atoms with Gasteiger partial charge >= 0.3 is 0 Å². The highest BCUT2D eigenvalue weighted by molar-refractivity contribution is 5.42. The number of nitrogens with one attached hydrogen (secondary N) is 1. The summed E-state index contributed by atoms with van der Waals surface area (Å²) >= 11 is 0. The van der Waals surface area contributed by atoms with Gasteiger partial charge in [0.2, 0.25) is 0 Å². The lowest BCUT2D eigenvalue weighted by molar-refractivity contribution is 0.192. The summed E-state index contributed by atoms with van der Waals surface area (Å²) in [6.07, 6.45) is 1.23. The number of rotatable bonds is 5. The van der Waals surface area contributed by atoms with Crippen LogP contribution in [-0.2, 0) is 6.54 Å². The van der Waals surface area contributed by atoms with Crippen LogP contribution in [0.5, 0.6) is 0 Å². The summed E-state index contributed by atoms with van der Waals surface area (Å²) in [4.78, 5) is 9.77. The van der Waals surface area contributed by atoms with Crippen LogP contribution in [0, 0.1) is 6.92 Å². The molecular weight excluding hydrogens is 248 g/mol. The normalized spacial score (nSPS) is 18.3. The first kappa shape index (κ1) is 15.3. The number of hydrogen-bond acceptors (Lipinski definition) is 4. The smallest absolute Gasteiger partial charge is 0.128 e. The molecular formula is C16H28N4. The highest BCUT2D eigenvalue weighted by atomic mass is 15.3. The molecule has 1 N–H and O–H groups in total. The monoisotopic (exact) mass is 276 g/mol. The Kier molecular flexibility index (Phi) is 5.38. The van der Waals surface area contributed by atoms with Crippen molar-refractivity contribution in [3.63, 3.8) is 0 Å². The molecule has 1 unspecified atom stereocenters. The van der Waals surface area contributed by atoms with E-state index in [1.165, 1.54) is 12.0 Å². The molecule has 0 saturated carbocycles. The van der Waals surface area contributed by atoms with Gasteiger partial charge in [0.05, 0.1) is 0 Å². The van der Waals surface area contributed by atoms with Gasteiger partial charge < -0.3 is 10.2 Å². The average Bonchev–Trinajstić information content (AvgIpc) is 2.49. The van der Waals surface area contributed by atoms with Gasteiger partial charge in [-0.3, -0.25) is 4.90 Å². The van der Waals surface area contributed by atoms with Gasteiger partial charge in [0.1, 0.15) is 5.82 Å². The number of aromatic nitrogens is 1. The van der Waals surface area contributed by atoms with Crippen LogP contribution in [0.1, 0.15) is 31.5 Å². The molecule has 4 heteroatoms. The highest BCUT2D eigenvalue weighted by Gasteiger charge is 2.21. The molecule has 4 nitrogen and oxygen atoms in total. The molecule has 2 heterocycles. The molecule has 1 aliphatic rings. The third-order valence-corrected chi connectivity index (χ3v) is 4.40. The molecule has 1 aromatic rings. The molecule has 1 saturated heterocycles. The molecule has 0 bridgehead atoms. The van der Waals surface area contributed by atoms with E-state index in [1.807, 2.05) is 7.05 Å². The van der Waals surface area contributed by atoms with Crippen molar-refractivity contribution in [1.29, 1.82) is 0 Å². The van der Waals surface area contributed by atoms with Crippen LogP contribution in [0.15, 0.2) is 12.1 Å². The molecule has 1 aliphatic heterocycles. The van der Waals surface area contributed by atoms with Crippen LogP contribution in [-0.4, -0.2) is 49.2 Å². The summed E-state index contributed by atoms with van der Waals surface area (Å²) in [5, 5.41) is 3.19. The predicted molar refractivity (Wildman–Crippen MR) is 85.3 cm³/mol. The summed E-state index contributed by atoms with van der Waals surface area (Å²) in [5.74, 6) is 1.13. The van der Waals surface area contributed by atoms with E-state index in [4.69, 9.17) is 4.98 Å². The number of pyridine rings is 1. The standard InChI is InChI=1S/C16H28N4/c1-5-13(2)19-8-10-20(11-9-19)16-7-6-15(12-17-4)14(3)18-16/h6-7,13,17H,5,8-12H2,1-4H3. The van der Waals surface area contributed by atoms with E-state index in [1.54, 1.807) is 0 Å². The van der Waals surface area contributed by atoms with Crippen LogP contribution in [0.25, 0.3) is 0 Å². The van der Waals surface area contributed by atoms with E-state index >= 15 is 0 Å². The molecule has 1 atom stereocenters. The van der Waals surface area contributed by atoms with Crippen LogP contribution < -0.4 is 10.2 Å². The van der Waals surface area contributed by atoms with Crippen molar-refractivity contribution < 1.29 is 0 Å². The summed E-state index contributed by atoms with van der Waals surface area (Å²) < 4.78 is 0. The van der Waals surface area contributed by atoms with Crippen molar-refractivity contribution >= 4 is 5.82 Å². The van der Waals surface area contributed by atoms with Crippen LogP contribution in [0.3, 0.4) is 0 Å². The van der Waals surface area contributed by atoms with Crippen LogP contribution >= 0.6 is 0 Å². The summed E-state index contributed by atoms with van der Waals surface area (Å²) in [5.41, 5.74) is 2.43. The quantitative estimate of drug-likeness (QED) is 0.891. The van der Waals surface area contributed by atoms with Gasteiger partial charge in [0.15, 0.2) is 0 Å². The van der Waals surface area contributed by atoms with Gasteiger partial charge in [-0.2, -0.15) is 0 Å². The minimum Gasteiger partial charge on any atom is -0.354 e. The SMILES string of the molecule is CCC(C)N1CCN(c2ccc(CNC)c(C)n2)CC1. The Morgan fingerprint density at radius 1 is 1.25 bits per heavy atom. The number of piperazine rings is 1. The molecule has 0 spiro atoms. The lowest BCUT2D eigenvalue weighted by Crippen LogP contribution is -2.49. The number of nitrogens with zero attached hydrogens (tertiary/aromatic N) is 3. The zero-order valence-corrected chi connectivity index (χ0v) is 13.3. The third kappa shape index (κ3) is 3.49. The maximum absolute atomic E-state index is 4.77. The van der Waals surface area contributed by atoms with E-state index in [0.717, 1.165) is 44.2 Å². The average molecular weight is 276 g/mol. The molecule has 112 valence electrons. The van der Waals surface area contributed by atoms with Gasteiger partial charge in [0.25, 0.3) is 0 Å². The van der Waals surface area contributed by atoms with Crippen LogP contribution in [0.2, 0.25) is 0 Å². The molecule has 2 rings (SSSR count). The summed E-state index contributed by atoms with van der Waals surface area (Å²) in [7, 11) is 1.97. The number of aryl methyl sites for hydroxylation is 1. The Labute approximate surface area is 123 Å². The van der Waals surface area contributed by atoms with Gasteiger partial charge in [-0.15, -0.1) is 0 Å². The maximum Gasteiger partial charge on any atom is 0.128 e. The molecule has 20 heavy (non-hydrogen) atoms. The highest BCUT2D eigenvalue weighted by Crippen LogP contribution is 2.18. The second kappa shape index (κ2) is 7.04. The van der Waals surface area contributed by atoms with Crippen molar-refractivity contribution in [2.24, 2.45) is 0 Å². The molecule has 0 aromatic carbocycles. The fraction of sp³-hybridized carbons (Fsp3) is 0.688. The Balaban J connectivity index is 1.98. The lowest BCUT2D eigenvalue weighted by Gasteiger charge is -2.38. The Morgan fingerprint density at radius 2 is 1.95 bits per heavy atom. The summed E-state index contributed by atoms with van der Waals surface area (Å²) in [6.45, 7) is 12.0.